The molecule has 1 heterocycles. The number of carbonyl (C=O) groups is 1. The third-order valence-electron chi connectivity index (χ3n) is 3.93. The minimum absolute atomic E-state index is 0.0646. The normalized spacial score (nSPS) is 11.4. The average Bonchev–Trinajstić information content (AvgIpc) is 2.63. The van der Waals surface area contributed by atoms with Crippen molar-refractivity contribution in [2.24, 2.45) is 10.7 Å². The van der Waals surface area contributed by atoms with Crippen LogP contribution in [0.2, 0.25) is 0 Å². The van der Waals surface area contributed by atoms with E-state index in [-0.39, 0.29) is 17.8 Å². The predicted octanol–water partition coefficient (Wildman–Crippen LogP) is 3.02. The molecule has 0 bridgehead atoms. The van der Waals surface area contributed by atoms with Gasteiger partial charge >= 0.3 is 0 Å². The molecule has 0 aliphatic rings. The van der Waals surface area contributed by atoms with E-state index in [2.05, 4.69) is 20.3 Å². The van der Waals surface area contributed by atoms with Crippen molar-refractivity contribution in [2.75, 3.05) is 6.61 Å². The van der Waals surface area contributed by atoms with Gasteiger partial charge in [0.15, 0.2) is 0 Å². The summed E-state index contributed by atoms with van der Waals surface area (Å²) in [5.74, 6) is 0.545. The topological polar surface area (TPSA) is 102 Å². The molecule has 3 aromatic rings. The Bertz CT molecular complexity index is 1010. The monoisotopic (exact) mass is 363 g/mol. The second-order valence-electron chi connectivity index (χ2n) is 6.04. The van der Waals surface area contributed by atoms with Crippen molar-refractivity contribution in [1.29, 1.82) is 0 Å². The van der Waals surface area contributed by atoms with Crippen LogP contribution in [0.1, 0.15) is 28.5 Å². The molecule has 138 valence electrons. The van der Waals surface area contributed by atoms with Gasteiger partial charge in [0.25, 0.3) is 11.9 Å². The van der Waals surface area contributed by atoms with Gasteiger partial charge in [0.05, 0.1) is 17.8 Å². The van der Waals surface area contributed by atoms with Gasteiger partial charge in [-0.15, -0.1) is 0 Å². The summed E-state index contributed by atoms with van der Waals surface area (Å²) in [6, 6.07) is 12.7. The van der Waals surface area contributed by atoms with Gasteiger partial charge < -0.3 is 10.5 Å². The molecule has 0 fully saturated rings. The van der Waals surface area contributed by atoms with Crippen LogP contribution in [-0.2, 0) is 0 Å². The maximum Gasteiger partial charge on any atom is 0.257 e. The predicted molar refractivity (Wildman–Crippen MR) is 105 cm³/mol. The fraction of sp³-hybridized carbons (Fsp3) is 0.200. The Hall–Kier alpha value is -3.48. The number of nitrogens with one attached hydrogen (secondary N) is 1. The number of rotatable bonds is 4. The highest BCUT2D eigenvalue weighted by Gasteiger charge is 2.09. The third kappa shape index (κ3) is 4.38. The molecule has 1 amide bonds. The number of benzene rings is 2. The molecule has 0 atom stereocenters. The Morgan fingerprint density at radius 1 is 1.15 bits per heavy atom. The van der Waals surface area contributed by atoms with E-state index < -0.39 is 0 Å². The smallest absolute Gasteiger partial charge is 0.257 e. The Labute approximate surface area is 157 Å². The molecule has 3 rings (SSSR count). The number of nitrogens with two attached hydrogens (primary N) is 1. The molecular weight excluding hydrogens is 342 g/mol. The number of guanidine groups is 1. The fourth-order valence-corrected chi connectivity index (χ4v) is 2.58. The van der Waals surface area contributed by atoms with E-state index in [9.17, 15) is 4.79 Å². The maximum atomic E-state index is 12.2. The number of ether oxygens (including phenoxy) is 1. The minimum Gasteiger partial charge on any atom is -0.494 e. The van der Waals surface area contributed by atoms with E-state index in [1.165, 1.54) is 0 Å². The van der Waals surface area contributed by atoms with Crippen molar-refractivity contribution in [1.82, 2.24) is 15.3 Å². The highest BCUT2D eigenvalue weighted by molar-refractivity contribution is 6.05. The van der Waals surface area contributed by atoms with Crippen LogP contribution in [0.15, 0.2) is 47.5 Å². The van der Waals surface area contributed by atoms with E-state index in [1.54, 1.807) is 12.1 Å². The Balaban J connectivity index is 1.82. The van der Waals surface area contributed by atoms with E-state index in [4.69, 9.17) is 10.5 Å². The van der Waals surface area contributed by atoms with Crippen LogP contribution in [0.5, 0.6) is 5.75 Å². The molecule has 3 N–H and O–H groups in total. The quantitative estimate of drug-likeness (QED) is 0.548. The van der Waals surface area contributed by atoms with E-state index in [0.717, 1.165) is 27.9 Å². The molecule has 7 nitrogen and oxygen atoms in total. The van der Waals surface area contributed by atoms with E-state index in [1.807, 2.05) is 51.1 Å². The molecule has 27 heavy (non-hydrogen) atoms. The van der Waals surface area contributed by atoms with Gasteiger partial charge in [0.2, 0.25) is 5.96 Å². The van der Waals surface area contributed by atoms with Crippen molar-refractivity contribution in [2.45, 2.75) is 20.8 Å². The number of hydrogen-bond acceptors (Lipinski definition) is 5. The molecule has 0 radical (unpaired) electrons. The number of aliphatic imine (C=N–C) groups is 1. The molecule has 0 saturated carbocycles. The first-order valence-corrected chi connectivity index (χ1v) is 8.59. The number of fused-ring (bicyclic) bond motifs is 1. The molecule has 0 aliphatic heterocycles. The number of aromatic nitrogens is 2. The van der Waals surface area contributed by atoms with Gasteiger partial charge in [0.1, 0.15) is 5.75 Å². The number of hydrogen-bond donors (Lipinski definition) is 2. The molecule has 2 aromatic carbocycles. The highest BCUT2D eigenvalue weighted by atomic mass is 16.5. The second-order valence-corrected chi connectivity index (χ2v) is 6.04. The van der Waals surface area contributed by atoms with Crippen molar-refractivity contribution in [3.63, 3.8) is 0 Å². The van der Waals surface area contributed by atoms with Crippen molar-refractivity contribution < 1.29 is 9.53 Å². The highest BCUT2D eigenvalue weighted by Crippen LogP contribution is 2.23. The average molecular weight is 363 g/mol. The van der Waals surface area contributed by atoms with Gasteiger partial charge in [-0.3, -0.25) is 10.1 Å². The zero-order chi connectivity index (χ0) is 19.4. The summed E-state index contributed by atoms with van der Waals surface area (Å²) in [7, 11) is 0. The van der Waals surface area contributed by atoms with Crippen LogP contribution in [0.25, 0.3) is 10.9 Å². The lowest BCUT2D eigenvalue weighted by atomic mass is 10.1. The van der Waals surface area contributed by atoms with Gasteiger partial charge in [-0.2, -0.15) is 4.99 Å². The standard InChI is InChI=1S/C20H21N5O2/c1-4-27-15-9-10-17-16(11-15)13(3)22-20(23-17)25-19(21)24-18(26)14-7-5-12(2)6-8-14/h5-11H,4H2,1-3H3,(H3,21,22,23,24,25,26). The van der Waals surface area contributed by atoms with Crippen LogP contribution in [-0.4, -0.2) is 28.4 Å². The lowest BCUT2D eigenvalue weighted by molar-refractivity contribution is 0.0976. The van der Waals surface area contributed by atoms with Crippen molar-refractivity contribution >= 4 is 28.7 Å². The van der Waals surface area contributed by atoms with Crippen LogP contribution < -0.4 is 15.8 Å². The first-order valence-electron chi connectivity index (χ1n) is 8.59. The first kappa shape index (κ1) is 18.3. The summed E-state index contributed by atoms with van der Waals surface area (Å²) in [6.07, 6.45) is 0. The van der Waals surface area contributed by atoms with Crippen LogP contribution >= 0.6 is 0 Å². The maximum absolute atomic E-state index is 12.2. The molecule has 0 spiro atoms. The van der Waals surface area contributed by atoms with Crippen LogP contribution in [0.4, 0.5) is 5.95 Å². The zero-order valence-electron chi connectivity index (χ0n) is 15.5. The summed E-state index contributed by atoms with van der Waals surface area (Å²) in [5.41, 5.74) is 8.89. The number of aryl methyl sites for hydroxylation is 2. The molecule has 1 aromatic heterocycles. The molecule has 0 saturated heterocycles. The summed E-state index contributed by atoms with van der Waals surface area (Å²) >= 11 is 0. The fourth-order valence-electron chi connectivity index (χ4n) is 2.58. The molecular formula is C20H21N5O2. The summed E-state index contributed by atoms with van der Waals surface area (Å²) in [4.78, 5) is 25.1. The summed E-state index contributed by atoms with van der Waals surface area (Å²) in [5, 5.41) is 3.42. The van der Waals surface area contributed by atoms with Crippen molar-refractivity contribution in [3.8, 4) is 5.75 Å². The number of amides is 1. The Morgan fingerprint density at radius 3 is 2.59 bits per heavy atom. The Morgan fingerprint density at radius 2 is 1.89 bits per heavy atom. The number of carbonyl (C=O) groups excluding carboxylic acids is 1. The van der Waals surface area contributed by atoms with Gasteiger partial charge in [-0.05, 0) is 51.1 Å². The molecule has 7 heteroatoms. The first-order chi connectivity index (χ1) is 13.0. The molecule has 0 aliphatic carbocycles. The second kappa shape index (κ2) is 7.82. The lowest BCUT2D eigenvalue weighted by Gasteiger charge is -2.07. The third-order valence-corrected chi connectivity index (χ3v) is 3.93. The van der Waals surface area contributed by atoms with Crippen LogP contribution in [0, 0.1) is 13.8 Å². The minimum atomic E-state index is -0.338. The lowest BCUT2D eigenvalue weighted by Crippen LogP contribution is -2.36. The van der Waals surface area contributed by atoms with Gasteiger partial charge in [-0.25, -0.2) is 9.97 Å². The largest absolute Gasteiger partial charge is 0.494 e. The zero-order valence-corrected chi connectivity index (χ0v) is 15.5. The number of nitrogens with zero attached hydrogens (tertiary/aromatic N) is 3. The molecule has 0 unspecified atom stereocenters. The van der Waals surface area contributed by atoms with Gasteiger partial charge in [0, 0.05) is 10.9 Å². The van der Waals surface area contributed by atoms with Crippen molar-refractivity contribution in [3.05, 3.63) is 59.3 Å². The van der Waals surface area contributed by atoms with Gasteiger partial charge in [-0.1, -0.05) is 17.7 Å². The van der Waals surface area contributed by atoms with Crippen LogP contribution in [0.3, 0.4) is 0 Å². The SMILES string of the molecule is CCOc1ccc2nc(/N=C(\N)NC(=O)c3ccc(C)cc3)nc(C)c2c1. The summed E-state index contributed by atoms with van der Waals surface area (Å²) < 4.78 is 5.51. The Kier molecular flexibility index (Phi) is 5.30. The van der Waals surface area contributed by atoms with E-state index in [0.29, 0.717) is 12.2 Å². The van der Waals surface area contributed by atoms with E-state index >= 15 is 0 Å². The summed E-state index contributed by atoms with van der Waals surface area (Å²) in [6.45, 7) is 6.33.